The normalized spacial score (nSPS) is 51.9. The van der Waals surface area contributed by atoms with Gasteiger partial charge in [0.15, 0.2) is 0 Å². The number of rotatable bonds is 4. The van der Waals surface area contributed by atoms with Gasteiger partial charge in [-0.05, 0) is 73.5 Å². The maximum atomic E-state index is 9.25. The molecule has 0 amide bonds. The molecule has 0 radical (unpaired) electrons. The minimum atomic E-state index is 0.384. The van der Waals surface area contributed by atoms with Crippen LogP contribution in [0, 0.1) is 28.6 Å². The lowest BCUT2D eigenvalue weighted by atomic mass is 9.39. The maximum Gasteiger partial charge on any atom is 0.0433 e. The summed E-state index contributed by atoms with van der Waals surface area (Å²) in [4.78, 5) is 0. The van der Waals surface area contributed by atoms with Gasteiger partial charge in [0, 0.05) is 6.61 Å². The molecule has 0 saturated heterocycles. The zero-order valence-corrected chi connectivity index (χ0v) is 10.8. The van der Waals surface area contributed by atoms with Crippen molar-refractivity contribution in [2.45, 2.75) is 58.8 Å². The van der Waals surface area contributed by atoms with Crippen molar-refractivity contribution in [3.63, 3.8) is 0 Å². The topological polar surface area (TPSA) is 20.2 Å². The second-order valence-electron chi connectivity index (χ2n) is 6.99. The number of hydrogen-bond donors (Lipinski definition) is 1. The summed E-state index contributed by atoms with van der Waals surface area (Å²) in [6.07, 6.45) is 9.94. The maximum absolute atomic E-state index is 9.25. The van der Waals surface area contributed by atoms with Crippen LogP contribution in [0.1, 0.15) is 58.8 Å². The van der Waals surface area contributed by atoms with Crippen LogP contribution in [0.5, 0.6) is 0 Å². The van der Waals surface area contributed by atoms with Crippen LogP contribution in [0.15, 0.2) is 0 Å². The standard InChI is InChI=1S/C15H26O/c1-11-3-7-15(11,12(2)5-8-16)14-6-4-13(9-14)10-14/h11-13,16H,3-10H2,1-2H3. The van der Waals surface area contributed by atoms with Gasteiger partial charge in [-0.1, -0.05) is 13.8 Å². The Morgan fingerprint density at radius 3 is 2.38 bits per heavy atom. The van der Waals surface area contributed by atoms with E-state index in [4.69, 9.17) is 0 Å². The van der Waals surface area contributed by atoms with Crippen LogP contribution in [-0.2, 0) is 0 Å². The molecule has 1 N–H and O–H groups in total. The lowest BCUT2D eigenvalue weighted by Crippen LogP contribution is -2.58. The lowest BCUT2D eigenvalue weighted by molar-refractivity contribution is -0.169. The van der Waals surface area contributed by atoms with Crippen LogP contribution in [-0.4, -0.2) is 11.7 Å². The average molecular weight is 222 g/mol. The Morgan fingerprint density at radius 1 is 1.25 bits per heavy atom. The van der Waals surface area contributed by atoms with Crippen molar-refractivity contribution in [2.24, 2.45) is 28.6 Å². The molecule has 4 aliphatic rings. The predicted molar refractivity (Wildman–Crippen MR) is 66.1 cm³/mol. The first-order chi connectivity index (χ1) is 7.64. The molecule has 0 aromatic carbocycles. The highest BCUT2D eigenvalue weighted by Gasteiger charge is 2.67. The van der Waals surface area contributed by atoms with Crippen molar-refractivity contribution in [2.75, 3.05) is 6.61 Å². The van der Waals surface area contributed by atoms with Gasteiger partial charge >= 0.3 is 0 Å². The Morgan fingerprint density at radius 2 is 2.00 bits per heavy atom. The molecule has 3 atom stereocenters. The molecule has 4 saturated carbocycles. The van der Waals surface area contributed by atoms with E-state index in [0.29, 0.717) is 17.4 Å². The average Bonchev–Trinajstić information content (AvgIpc) is 2.76. The van der Waals surface area contributed by atoms with Gasteiger partial charge < -0.3 is 5.11 Å². The molecule has 1 heteroatoms. The second-order valence-corrected chi connectivity index (χ2v) is 6.99. The summed E-state index contributed by atoms with van der Waals surface area (Å²) in [5, 5.41) is 9.25. The molecule has 3 unspecified atom stereocenters. The molecule has 4 aliphatic carbocycles. The van der Waals surface area contributed by atoms with Gasteiger partial charge in [0.1, 0.15) is 0 Å². The molecule has 0 heterocycles. The summed E-state index contributed by atoms with van der Waals surface area (Å²) in [5.41, 5.74) is 1.33. The number of aliphatic hydroxyl groups is 1. The van der Waals surface area contributed by atoms with Crippen molar-refractivity contribution in [3.05, 3.63) is 0 Å². The fourth-order valence-corrected chi connectivity index (χ4v) is 5.78. The third-order valence-electron chi connectivity index (χ3n) is 6.69. The number of hydrogen-bond acceptors (Lipinski definition) is 1. The first-order valence-corrected chi connectivity index (χ1v) is 7.25. The molecule has 2 bridgehead atoms. The SMILES string of the molecule is CC(CCO)C1(C23CCC(C2)C3)CCC1C. The van der Waals surface area contributed by atoms with Crippen molar-refractivity contribution in [1.82, 2.24) is 0 Å². The van der Waals surface area contributed by atoms with Crippen molar-refractivity contribution in [3.8, 4) is 0 Å². The molecule has 92 valence electrons. The molecule has 4 fully saturated rings. The third kappa shape index (κ3) is 1.11. The summed E-state index contributed by atoms with van der Waals surface area (Å²) in [6.45, 7) is 5.26. The highest BCUT2D eigenvalue weighted by atomic mass is 16.3. The van der Waals surface area contributed by atoms with Crippen molar-refractivity contribution in [1.29, 1.82) is 0 Å². The monoisotopic (exact) mass is 222 g/mol. The summed E-state index contributed by atoms with van der Waals surface area (Å²) in [6, 6.07) is 0. The predicted octanol–water partition coefficient (Wildman–Crippen LogP) is 3.61. The molecule has 0 aromatic heterocycles. The highest BCUT2D eigenvalue weighted by Crippen LogP contribution is 2.76. The van der Waals surface area contributed by atoms with Gasteiger partial charge in [-0.25, -0.2) is 0 Å². The minimum Gasteiger partial charge on any atom is -0.396 e. The van der Waals surface area contributed by atoms with Gasteiger partial charge in [-0.15, -0.1) is 0 Å². The van der Waals surface area contributed by atoms with E-state index in [-0.39, 0.29) is 0 Å². The van der Waals surface area contributed by atoms with Crippen LogP contribution in [0.2, 0.25) is 0 Å². The highest BCUT2D eigenvalue weighted by molar-refractivity contribution is 5.16. The summed E-state index contributed by atoms with van der Waals surface area (Å²) < 4.78 is 0. The zero-order chi connectivity index (χ0) is 11.4. The van der Waals surface area contributed by atoms with Crippen LogP contribution >= 0.6 is 0 Å². The van der Waals surface area contributed by atoms with E-state index in [1.165, 1.54) is 38.5 Å². The van der Waals surface area contributed by atoms with E-state index in [9.17, 15) is 5.11 Å². The quantitative estimate of drug-likeness (QED) is 0.770. The van der Waals surface area contributed by atoms with E-state index < -0.39 is 0 Å². The molecule has 0 aliphatic heterocycles. The molecule has 0 spiro atoms. The van der Waals surface area contributed by atoms with Gasteiger partial charge in [0.05, 0.1) is 0 Å². The Kier molecular flexibility index (Phi) is 2.41. The van der Waals surface area contributed by atoms with Crippen LogP contribution in [0.25, 0.3) is 0 Å². The number of aliphatic hydroxyl groups excluding tert-OH is 1. The largest absolute Gasteiger partial charge is 0.396 e. The summed E-state index contributed by atoms with van der Waals surface area (Å²) in [5.74, 6) is 2.72. The van der Waals surface area contributed by atoms with Gasteiger partial charge in [-0.3, -0.25) is 0 Å². The molecular formula is C15H26O. The van der Waals surface area contributed by atoms with Crippen LogP contribution < -0.4 is 0 Å². The first kappa shape index (κ1) is 11.1. The minimum absolute atomic E-state index is 0.384. The fourth-order valence-electron chi connectivity index (χ4n) is 5.78. The summed E-state index contributed by atoms with van der Waals surface area (Å²) in [7, 11) is 0. The second kappa shape index (κ2) is 3.48. The Hall–Kier alpha value is -0.0400. The Balaban J connectivity index is 1.86. The van der Waals surface area contributed by atoms with E-state index in [1.807, 2.05) is 0 Å². The van der Waals surface area contributed by atoms with Gasteiger partial charge in [0.25, 0.3) is 0 Å². The van der Waals surface area contributed by atoms with Crippen LogP contribution in [0.3, 0.4) is 0 Å². The van der Waals surface area contributed by atoms with Crippen molar-refractivity contribution >= 4 is 0 Å². The molecule has 16 heavy (non-hydrogen) atoms. The zero-order valence-electron chi connectivity index (χ0n) is 10.8. The Bertz CT molecular complexity index is 274. The summed E-state index contributed by atoms with van der Waals surface area (Å²) >= 11 is 0. The van der Waals surface area contributed by atoms with Gasteiger partial charge in [0.2, 0.25) is 0 Å². The van der Waals surface area contributed by atoms with Crippen LogP contribution in [0.4, 0.5) is 0 Å². The molecular weight excluding hydrogens is 196 g/mol. The van der Waals surface area contributed by atoms with E-state index in [2.05, 4.69) is 13.8 Å². The van der Waals surface area contributed by atoms with E-state index in [1.54, 1.807) is 0 Å². The van der Waals surface area contributed by atoms with Crippen molar-refractivity contribution < 1.29 is 5.11 Å². The number of fused-ring (bicyclic) bond motifs is 1. The van der Waals surface area contributed by atoms with Gasteiger partial charge in [-0.2, -0.15) is 0 Å². The molecule has 4 rings (SSSR count). The van der Waals surface area contributed by atoms with E-state index in [0.717, 1.165) is 24.2 Å². The molecule has 0 aromatic rings. The first-order valence-electron chi connectivity index (χ1n) is 7.25. The molecule has 1 nitrogen and oxygen atoms in total. The van der Waals surface area contributed by atoms with E-state index >= 15 is 0 Å². The Labute approximate surface area is 99.6 Å². The smallest absolute Gasteiger partial charge is 0.0433 e. The lowest BCUT2D eigenvalue weighted by Gasteiger charge is -2.66. The third-order valence-corrected chi connectivity index (χ3v) is 6.69. The fraction of sp³-hybridized carbons (Fsp3) is 1.00.